The number of hydrogen-bond acceptors (Lipinski definition) is 9. The van der Waals surface area contributed by atoms with Gasteiger partial charge in [0.25, 0.3) is 0 Å². The molecule has 8 nitrogen and oxygen atoms in total. The van der Waals surface area contributed by atoms with Crippen LogP contribution in [0.15, 0.2) is 51.3 Å². The van der Waals surface area contributed by atoms with Gasteiger partial charge < -0.3 is 15.2 Å². The van der Waals surface area contributed by atoms with Crippen molar-refractivity contribution in [1.29, 1.82) is 0 Å². The highest BCUT2D eigenvalue weighted by atomic mass is 32.2. The van der Waals surface area contributed by atoms with Crippen molar-refractivity contribution in [3.05, 3.63) is 59.7 Å². The summed E-state index contributed by atoms with van der Waals surface area (Å²) in [6, 6.07) is 12.2. The van der Waals surface area contributed by atoms with E-state index >= 15 is 0 Å². The van der Waals surface area contributed by atoms with Gasteiger partial charge >= 0.3 is 0 Å². The molecule has 0 aliphatic heterocycles. The van der Waals surface area contributed by atoms with Gasteiger partial charge in [0.1, 0.15) is 5.82 Å². The van der Waals surface area contributed by atoms with Gasteiger partial charge in [0.05, 0.1) is 5.25 Å². The number of nitrogens with one attached hydrogen (secondary N) is 2. The van der Waals surface area contributed by atoms with E-state index in [0.717, 1.165) is 10.0 Å². The normalized spacial score (nSPS) is 11.9. The van der Waals surface area contributed by atoms with E-state index in [2.05, 4.69) is 31.0 Å². The number of aromatic nitrogens is 4. The Balaban J connectivity index is 1.41. The van der Waals surface area contributed by atoms with Gasteiger partial charge in [-0.1, -0.05) is 46.5 Å². The maximum atomic E-state index is 13.8. The van der Waals surface area contributed by atoms with Crippen LogP contribution in [0.5, 0.6) is 0 Å². The molecule has 0 radical (unpaired) electrons. The van der Waals surface area contributed by atoms with Crippen LogP contribution in [0.3, 0.4) is 0 Å². The zero-order valence-corrected chi connectivity index (χ0v) is 19.1. The molecular formula is C21H19FN6O2S2. The summed E-state index contributed by atoms with van der Waals surface area (Å²) in [5.41, 5.74) is 2.59. The Bertz CT molecular complexity index is 1260. The van der Waals surface area contributed by atoms with Gasteiger partial charge in [0.2, 0.25) is 22.8 Å². The highest BCUT2D eigenvalue weighted by Gasteiger charge is 2.19. The minimum atomic E-state index is -0.312. The Kier molecular flexibility index (Phi) is 6.47. The van der Waals surface area contributed by atoms with Gasteiger partial charge in [-0.25, -0.2) is 4.39 Å². The Morgan fingerprint density at radius 3 is 2.78 bits per heavy atom. The predicted octanol–water partition coefficient (Wildman–Crippen LogP) is 5.59. The number of nitrogens with zero attached hydrogens (tertiary/aromatic N) is 4. The van der Waals surface area contributed by atoms with Gasteiger partial charge in [-0.05, 0) is 43.7 Å². The molecular weight excluding hydrogens is 451 g/mol. The standard InChI is InChI=1S/C21H19FN6O2S2/c1-11-7-8-14(9-17(11)22)18-25-19(30-28-18)12(2)31-21-27-26-20(32-21)24-16-6-4-5-15(10-16)23-13(3)29/h4-10,12H,1-3H3,(H,23,29)(H,24,26). The summed E-state index contributed by atoms with van der Waals surface area (Å²) >= 11 is 2.81. The van der Waals surface area contributed by atoms with Gasteiger partial charge in [-0.2, -0.15) is 4.98 Å². The summed E-state index contributed by atoms with van der Waals surface area (Å²) in [4.78, 5) is 15.6. The quantitative estimate of drug-likeness (QED) is 0.337. The molecule has 32 heavy (non-hydrogen) atoms. The Hall–Kier alpha value is -3.31. The number of hydrogen-bond donors (Lipinski definition) is 2. The number of carbonyl (C=O) groups excluding carboxylic acids is 1. The first-order valence-electron chi connectivity index (χ1n) is 9.62. The molecule has 11 heteroatoms. The molecule has 0 spiro atoms. The van der Waals surface area contributed by atoms with E-state index in [4.69, 9.17) is 4.52 Å². The van der Waals surface area contributed by atoms with Gasteiger partial charge in [0.15, 0.2) is 4.34 Å². The van der Waals surface area contributed by atoms with Crippen molar-refractivity contribution in [3.63, 3.8) is 0 Å². The third kappa shape index (κ3) is 5.29. The van der Waals surface area contributed by atoms with Crippen LogP contribution in [-0.4, -0.2) is 26.2 Å². The van der Waals surface area contributed by atoms with Crippen molar-refractivity contribution in [2.45, 2.75) is 30.4 Å². The Morgan fingerprint density at radius 2 is 2.00 bits per heavy atom. The van der Waals surface area contributed by atoms with Crippen LogP contribution in [0.1, 0.15) is 30.6 Å². The lowest BCUT2D eigenvalue weighted by atomic mass is 10.1. The minimum absolute atomic E-state index is 0.137. The maximum Gasteiger partial charge on any atom is 0.240 e. The molecule has 0 saturated carbocycles. The summed E-state index contributed by atoms with van der Waals surface area (Å²) in [6.07, 6.45) is 0. The monoisotopic (exact) mass is 470 g/mol. The number of carbonyl (C=O) groups is 1. The van der Waals surface area contributed by atoms with E-state index in [-0.39, 0.29) is 17.0 Å². The first-order chi connectivity index (χ1) is 15.4. The van der Waals surface area contributed by atoms with Crippen LogP contribution >= 0.6 is 23.1 Å². The molecule has 0 fully saturated rings. The summed E-state index contributed by atoms with van der Waals surface area (Å²) in [5, 5.41) is 18.7. The highest BCUT2D eigenvalue weighted by Crippen LogP contribution is 2.38. The molecule has 0 aliphatic carbocycles. The first-order valence-corrected chi connectivity index (χ1v) is 11.3. The average molecular weight is 471 g/mol. The zero-order valence-electron chi connectivity index (χ0n) is 17.4. The molecule has 1 amide bonds. The predicted molar refractivity (Wildman–Crippen MR) is 123 cm³/mol. The van der Waals surface area contributed by atoms with E-state index in [9.17, 15) is 9.18 Å². The largest absolute Gasteiger partial charge is 0.338 e. The zero-order chi connectivity index (χ0) is 22.7. The summed E-state index contributed by atoms with van der Waals surface area (Å²) in [6.45, 7) is 5.08. The van der Waals surface area contributed by atoms with Gasteiger partial charge in [-0.3, -0.25) is 4.79 Å². The van der Waals surface area contributed by atoms with Crippen LogP contribution in [-0.2, 0) is 4.79 Å². The molecule has 0 aliphatic rings. The third-order valence-electron chi connectivity index (χ3n) is 4.34. The summed E-state index contributed by atoms with van der Waals surface area (Å²) < 4.78 is 19.9. The number of anilines is 3. The average Bonchev–Trinajstić information content (AvgIpc) is 3.40. The van der Waals surface area contributed by atoms with Gasteiger partial charge in [-0.15, -0.1) is 10.2 Å². The fraction of sp³-hybridized carbons (Fsp3) is 0.190. The molecule has 0 saturated heterocycles. The topological polar surface area (TPSA) is 106 Å². The minimum Gasteiger partial charge on any atom is -0.338 e. The third-order valence-corrected chi connectivity index (χ3v) is 6.35. The fourth-order valence-corrected chi connectivity index (χ4v) is 4.71. The summed E-state index contributed by atoms with van der Waals surface area (Å²) in [5.74, 6) is 0.305. The lowest BCUT2D eigenvalue weighted by Crippen LogP contribution is -2.05. The Morgan fingerprint density at radius 1 is 1.19 bits per heavy atom. The van der Waals surface area contributed by atoms with E-state index in [1.165, 1.54) is 36.1 Å². The molecule has 2 N–H and O–H groups in total. The molecule has 1 atom stereocenters. The second kappa shape index (κ2) is 9.45. The number of rotatable bonds is 7. The molecule has 2 aromatic heterocycles. The van der Waals surface area contributed by atoms with Crippen molar-refractivity contribution >= 4 is 45.5 Å². The molecule has 2 aromatic carbocycles. The molecule has 2 heterocycles. The molecule has 1 unspecified atom stereocenters. The highest BCUT2D eigenvalue weighted by molar-refractivity contribution is 8.01. The lowest BCUT2D eigenvalue weighted by Gasteiger charge is -2.05. The van der Waals surface area contributed by atoms with E-state index in [1.54, 1.807) is 25.1 Å². The summed E-state index contributed by atoms with van der Waals surface area (Å²) in [7, 11) is 0. The van der Waals surface area contributed by atoms with Crippen LogP contribution in [0.4, 0.5) is 20.9 Å². The number of aryl methyl sites for hydroxylation is 1. The van der Waals surface area contributed by atoms with Crippen molar-refractivity contribution in [3.8, 4) is 11.4 Å². The van der Waals surface area contributed by atoms with E-state index in [1.807, 2.05) is 25.1 Å². The van der Waals surface area contributed by atoms with Crippen LogP contribution < -0.4 is 10.6 Å². The number of amides is 1. The molecule has 0 bridgehead atoms. The van der Waals surface area contributed by atoms with Crippen molar-refractivity contribution in [2.24, 2.45) is 0 Å². The van der Waals surface area contributed by atoms with Gasteiger partial charge in [0, 0.05) is 23.9 Å². The number of halogens is 1. The number of thioether (sulfide) groups is 1. The first kappa shape index (κ1) is 21.9. The Labute approximate surface area is 191 Å². The molecule has 4 aromatic rings. The molecule has 164 valence electrons. The van der Waals surface area contributed by atoms with E-state index < -0.39 is 0 Å². The second-order valence-electron chi connectivity index (χ2n) is 6.94. The van der Waals surface area contributed by atoms with Crippen LogP contribution in [0, 0.1) is 12.7 Å². The maximum absolute atomic E-state index is 13.8. The van der Waals surface area contributed by atoms with Crippen molar-refractivity contribution < 1.29 is 13.7 Å². The van der Waals surface area contributed by atoms with E-state index in [0.29, 0.717) is 33.7 Å². The van der Waals surface area contributed by atoms with Crippen molar-refractivity contribution in [1.82, 2.24) is 20.3 Å². The van der Waals surface area contributed by atoms with Crippen LogP contribution in [0.2, 0.25) is 0 Å². The smallest absolute Gasteiger partial charge is 0.240 e. The second-order valence-corrected chi connectivity index (χ2v) is 9.51. The number of benzene rings is 2. The SMILES string of the molecule is CC(=O)Nc1cccc(Nc2nnc(SC(C)c3nc(-c4ccc(C)c(F)c4)no3)s2)c1. The van der Waals surface area contributed by atoms with Crippen LogP contribution in [0.25, 0.3) is 11.4 Å². The van der Waals surface area contributed by atoms with Crippen molar-refractivity contribution in [2.75, 3.05) is 10.6 Å². The fourth-order valence-electron chi connectivity index (χ4n) is 2.76. The lowest BCUT2D eigenvalue weighted by molar-refractivity contribution is -0.114. The molecule has 4 rings (SSSR count).